The number of carbonyl (C=O) groups excluding carboxylic acids is 3. The molecule has 2 unspecified atom stereocenters. The molecule has 2 heterocycles. The maximum absolute atomic E-state index is 13.2. The highest BCUT2D eigenvalue weighted by atomic mass is 16.5. The Morgan fingerprint density at radius 2 is 1.76 bits per heavy atom. The maximum atomic E-state index is 13.2. The first-order valence-corrected chi connectivity index (χ1v) is 11.6. The molecule has 0 spiro atoms. The largest absolute Gasteiger partial charge is 0.493 e. The lowest BCUT2D eigenvalue weighted by molar-refractivity contribution is -0.139. The van der Waals surface area contributed by atoms with E-state index >= 15 is 0 Å². The van der Waals surface area contributed by atoms with Crippen molar-refractivity contribution in [2.75, 3.05) is 52.4 Å². The Morgan fingerprint density at radius 3 is 2.36 bits per heavy atom. The van der Waals surface area contributed by atoms with E-state index in [2.05, 4.69) is 12.2 Å². The molecule has 9 heteroatoms. The van der Waals surface area contributed by atoms with E-state index in [1.54, 1.807) is 21.9 Å². The molecular formula is C24H35N3O6. The highest BCUT2D eigenvalue weighted by Crippen LogP contribution is 2.42. The molecule has 2 atom stereocenters. The van der Waals surface area contributed by atoms with Crippen LogP contribution in [-0.4, -0.2) is 70.1 Å². The van der Waals surface area contributed by atoms with E-state index in [0.29, 0.717) is 42.6 Å². The topological polar surface area (TPSA) is 97.4 Å². The van der Waals surface area contributed by atoms with Gasteiger partial charge in [0.15, 0.2) is 11.5 Å². The number of nitrogens with zero attached hydrogens (tertiary/aromatic N) is 2. The van der Waals surface area contributed by atoms with E-state index < -0.39 is 5.92 Å². The van der Waals surface area contributed by atoms with Crippen molar-refractivity contribution in [2.24, 2.45) is 11.8 Å². The Morgan fingerprint density at radius 1 is 1.06 bits per heavy atom. The van der Waals surface area contributed by atoms with Gasteiger partial charge < -0.3 is 29.3 Å². The van der Waals surface area contributed by atoms with Crippen LogP contribution >= 0.6 is 0 Å². The van der Waals surface area contributed by atoms with Crippen molar-refractivity contribution in [3.63, 3.8) is 0 Å². The van der Waals surface area contributed by atoms with Gasteiger partial charge in [0.05, 0.1) is 38.9 Å². The van der Waals surface area contributed by atoms with Crippen LogP contribution in [-0.2, 0) is 14.4 Å². The summed E-state index contributed by atoms with van der Waals surface area (Å²) >= 11 is 0. The average molecular weight is 462 g/mol. The smallest absolute Gasteiger partial charge is 0.228 e. The second-order valence-corrected chi connectivity index (χ2v) is 8.56. The van der Waals surface area contributed by atoms with Gasteiger partial charge in [0.25, 0.3) is 0 Å². The quantitative estimate of drug-likeness (QED) is 0.567. The summed E-state index contributed by atoms with van der Waals surface area (Å²) in [6, 6.07) is 3.42. The zero-order valence-electron chi connectivity index (χ0n) is 20.0. The van der Waals surface area contributed by atoms with Gasteiger partial charge in [-0.15, -0.1) is 0 Å². The molecule has 1 N–H and O–H groups in total. The Bertz CT molecular complexity index is 849. The lowest BCUT2D eigenvalue weighted by atomic mass is 9.95. The van der Waals surface area contributed by atoms with Crippen molar-refractivity contribution in [2.45, 2.75) is 39.0 Å². The van der Waals surface area contributed by atoms with Gasteiger partial charge in [0.2, 0.25) is 23.5 Å². The SMILES string of the molecule is CCCCNC(=O)C1CCCN(C(=O)C2CC(=O)N(c3cc(OC)c(OC)c(OC)c3)C2)C1. The number of carbonyl (C=O) groups is 3. The molecule has 1 aromatic rings. The fraction of sp³-hybridized carbons (Fsp3) is 0.625. The van der Waals surface area contributed by atoms with E-state index in [-0.39, 0.29) is 36.6 Å². The molecule has 3 rings (SSSR count). The number of piperidine rings is 1. The van der Waals surface area contributed by atoms with Crippen molar-refractivity contribution >= 4 is 23.4 Å². The van der Waals surface area contributed by atoms with E-state index in [1.165, 1.54) is 21.3 Å². The molecule has 0 aliphatic carbocycles. The second-order valence-electron chi connectivity index (χ2n) is 8.56. The number of unbranched alkanes of at least 4 members (excludes halogenated alkanes) is 1. The minimum absolute atomic E-state index is 0.0162. The molecule has 0 bridgehead atoms. The summed E-state index contributed by atoms with van der Waals surface area (Å²) in [6.07, 6.45) is 3.67. The van der Waals surface area contributed by atoms with Crippen LogP contribution in [0, 0.1) is 11.8 Å². The van der Waals surface area contributed by atoms with Crippen molar-refractivity contribution in [3.8, 4) is 17.2 Å². The number of benzene rings is 1. The van der Waals surface area contributed by atoms with Gasteiger partial charge in [-0.25, -0.2) is 0 Å². The first-order valence-electron chi connectivity index (χ1n) is 11.6. The normalized spacial score (nSPS) is 20.5. The lowest BCUT2D eigenvalue weighted by Gasteiger charge is -2.33. The summed E-state index contributed by atoms with van der Waals surface area (Å²) in [7, 11) is 4.56. The number of methoxy groups -OCH3 is 3. The van der Waals surface area contributed by atoms with Crippen LogP contribution in [0.3, 0.4) is 0 Å². The highest BCUT2D eigenvalue weighted by Gasteiger charge is 2.39. The molecule has 0 radical (unpaired) electrons. The minimum atomic E-state index is -0.446. The van der Waals surface area contributed by atoms with Crippen molar-refractivity contribution in [1.82, 2.24) is 10.2 Å². The van der Waals surface area contributed by atoms with Crippen molar-refractivity contribution in [3.05, 3.63) is 12.1 Å². The van der Waals surface area contributed by atoms with Gasteiger partial charge in [-0.3, -0.25) is 14.4 Å². The van der Waals surface area contributed by atoms with E-state index in [1.807, 2.05) is 0 Å². The van der Waals surface area contributed by atoms with Crippen LogP contribution in [0.1, 0.15) is 39.0 Å². The molecule has 0 saturated carbocycles. The first-order chi connectivity index (χ1) is 15.9. The molecule has 9 nitrogen and oxygen atoms in total. The Balaban J connectivity index is 1.68. The van der Waals surface area contributed by atoms with Crippen LogP contribution in [0.15, 0.2) is 12.1 Å². The van der Waals surface area contributed by atoms with Gasteiger partial charge in [-0.2, -0.15) is 0 Å². The summed E-state index contributed by atoms with van der Waals surface area (Å²) in [5.74, 6) is 0.520. The van der Waals surface area contributed by atoms with Gasteiger partial charge in [-0.05, 0) is 19.3 Å². The number of ether oxygens (including phenoxy) is 3. The zero-order valence-corrected chi connectivity index (χ0v) is 20.0. The molecule has 0 aromatic heterocycles. The number of rotatable bonds is 9. The van der Waals surface area contributed by atoms with Crippen LogP contribution in [0.4, 0.5) is 5.69 Å². The summed E-state index contributed by atoms with van der Waals surface area (Å²) in [4.78, 5) is 41.9. The Hall–Kier alpha value is -2.97. The van der Waals surface area contributed by atoms with Crippen LogP contribution in [0.5, 0.6) is 17.2 Å². The van der Waals surface area contributed by atoms with Gasteiger partial charge in [-0.1, -0.05) is 13.3 Å². The molecule has 2 saturated heterocycles. The zero-order chi connectivity index (χ0) is 24.0. The summed E-state index contributed by atoms with van der Waals surface area (Å²) in [5.41, 5.74) is 0.594. The monoisotopic (exact) mass is 461 g/mol. The van der Waals surface area contributed by atoms with Crippen LogP contribution < -0.4 is 24.4 Å². The van der Waals surface area contributed by atoms with Crippen molar-refractivity contribution in [1.29, 1.82) is 0 Å². The van der Waals surface area contributed by atoms with Gasteiger partial charge in [0.1, 0.15) is 0 Å². The summed E-state index contributed by atoms with van der Waals surface area (Å²) in [5, 5.41) is 2.98. The fourth-order valence-corrected chi connectivity index (χ4v) is 4.53. The number of amides is 3. The molecule has 2 fully saturated rings. The van der Waals surface area contributed by atoms with Crippen LogP contribution in [0.2, 0.25) is 0 Å². The fourth-order valence-electron chi connectivity index (χ4n) is 4.53. The molecule has 1 aromatic carbocycles. The summed E-state index contributed by atoms with van der Waals surface area (Å²) in [6.45, 7) is 4.05. The molecular weight excluding hydrogens is 426 g/mol. The van der Waals surface area contributed by atoms with E-state index in [0.717, 1.165) is 25.7 Å². The third kappa shape index (κ3) is 5.51. The third-order valence-corrected chi connectivity index (χ3v) is 6.37. The Kier molecular flexibility index (Phi) is 8.41. The predicted molar refractivity (Wildman–Crippen MR) is 124 cm³/mol. The predicted octanol–water partition coefficient (Wildman–Crippen LogP) is 2.22. The van der Waals surface area contributed by atoms with Gasteiger partial charge >= 0.3 is 0 Å². The number of hydrogen-bond donors (Lipinski definition) is 1. The molecule has 33 heavy (non-hydrogen) atoms. The Labute approximate surface area is 195 Å². The average Bonchev–Trinajstić information content (AvgIpc) is 3.24. The molecule has 2 aliphatic rings. The number of likely N-dealkylation sites (tertiary alicyclic amines) is 1. The van der Waals surface area contributed by atoms with Crippen molar-refractivity contribution < 1.29 is 28.6 Å². The number of anilines is 1. The van der Waals surface area contributed by atoms with E-state index in [4.69, 9.17) is 14.2 Å². The van der Waals surface area contributed by atoms with E-state index in [9.17, 15) is 14.4 Å². The number of nitrogens with one attached hydrogen (secondary N) is 1. The highest BCUT2D eigenvalue weighted by molar-refractivity contribution is 6.01. The lowest BCUT2D eigenvalue weighted by Crippen LogP contribution is -2.47. The molecule has 182 valence electrons. The third-order valence-electron chi connectivity index (χ3n) is 6.37. The minimum Gasteiger partial charge on any atom is -0.493 e. The number of hydrogen-bond acceptors (Lipinski definition) is 6. The van der Waals surface area contributed by atoms with Crippen LogP contribution in [0.25, 0.3) is 0 Å². The standard InChI is InChI=1S/C24H35N3O6/c1-5-6-9-25-23(29)16-8-7-10-26(14-16)24(30)17-11-21(28)27(15-17)18-12-19(31-2)22(33-4)20(13-18)32-3/h12-13,16-17H,5-11,14-15H2,1-4H3,(H,25,29). The van der Waals surface area contributed by atoms with Gasteiger partial charge in [0, 0.05) is 44.7 Å². The first kappa shape index (κ1) is 24.7. The maximum Gasteiger partial charge on any atom is 0.228 e. The molecule has 3 amide bonds. The molecule has 2 aliphatic heterocycles. The summed E-state index contributed by atoms with van der Waals surface area (Å²) < 4.78 is 16.1. The second kappa shape index (κ2) is 11.2.